The van der Waals surface area contributed by atoms with Gasteiger partial charge in [-0.05, 0) is 31.9 Å². The van der Waals surface area contributed by atoms with Crippen LogP contribution in [0.25, 0.3) is 10.9 Å². The van der Waals surface area contributed by atoms with Crippen molar-refractivity contribution in [2.24, 2.45) is 5.92 Å². The van der Waals surface area contributed by atoms with Crippen LogP contribution in [-0.2, 0) is 4.74 Å². The molecule has 11 heteroatoms. The molecule has 1 aliphatic heterocycles. The fourth-order valence-corrected chi connectivity index (χ4v) is 3.79. The molecule has 0 aliphatic carbocycles. The highest BCUT2D eigenvalue weighted by Gasteiger charge is 2.41. The number of amides is 1. The van der Waals surface area contributed by atoms with Crippen molar-refractivity contribution < 1.29 is 36.2 Å². The fourth-order valence-electron chi connectivity index (χ4n) is 3.79. The maximum Gasteiger partial charge on any atom is 0.391 e. The second-order valence-corrected chi connectivity index (χ2v) is 7.75. The summed E-state index contributed by atoms with van der Waals surface area (Å²) in [4.78, 5) is 18.5. The number of fused-ring (bicyclic) bond motifs is 1. The van der Waals surface area contributed by atoms with Gasteiger partial charge in [0.25, 0.3) is 5.91 Å². The lowest BCUT2D eigenvalue weighted by Crippen LogP contribution is -2.39. The first-order valence-corrected chi connectivity index (χ1v) is 10.1. The van der Waals surface area contributed by atoms with Crippen molar-refractivity contribution in [3.63, 3.8) is 0 Å². The minimum atomic E-state index is -4.27. The number of nitrogens with zero attached hydrogens (tertiary/aromatic N) is 2. The van der Waals surface area contributed by atoms with Gasteiger partial charge in [-0.1, -0.05) is 0 Å². The molecule has 0 bridgehead atoms. The van der Waals surface area contributed by atoms with Crippen molar-refractivity contribution >= 4 is 22.5 Å². The number of hydrogen-bond donors (Lipinski definition) is 1. The van der Waals surface area contributed by atoms with Gasteiger partial charge in [0.05, 0.1) is 29.3 Å². The number of methoxy groups -OCH3 is 1. The van der Waals surface area contributed by atoms with Gasteiger partial charge in [0.2, 0.25) is 0 Å². The van der Waals surface area contributed by atoms with Crippen LogP contribution >= 0.6 is 0 Å². The molecule has 2 aromatic rings. The predicted octanol–water partition coefficient (Wildman–Crippen LogP) is 4.38. The zero-order chi connectivity index (χ0) is 23.5. The van der Waals surface area contributed by atoms with Crippen LogP contribution in [0.3, 0.4) is 0 Å². The van der Waals surface area contributed by atoms with E-state index in [0.717, 1.165) is 0 Å². The molecular formula is C21H24F5N3O3. The van der Waals surface area contributed by atoms with Gasteiger partial charge in [0, 0.05) is 43.9 Å². The van der Waals surface area contributed by atoms with Gasteiger partial charge < -0.3 is 19.7 Å². The Hall–Kier alpha value is -2.69. The number of halogens is 5. The molecule has 0 radical (unpaired) electrons. The zero-order valence-electron chi connectivity index (χ0n) is 17.6. The smallest absolute Gasteiger partial charge is 0.391 e. The summed E-state index contributed by atoms with van der Waals surface area (Å²) in [6.07, 6.45) is -3.14. The molecule has 0 unspecified atom stereocenters. The van der Waals surface area contributed by atoms with E-state index in [1.165, 1.54) is 31.5 Å². The molecule has 0 saturated carbocycles. The lowest BCUT2D eigenvalue weighted by atomic mass is 9.95. The fraction of sp³-hybridized carbons (Fsp3) is 0.524. The topological polar surface area (TPSA) is 63.7 Å². The SMILES string of the molecule is COC[C@H](C)NC(=O)c1cnc2c(N3CCC(C(F)(F)F)CC3)cc(OC(F)F)cc2c1. The van der Waals surface area contributed by atoms with Crippen LogP contribution in [0.1, 0.15) is 30.1 Å². The molecule has 2 heterocycles. The largest absolute Gasteiger partial charge is 0.435 e. The zero-order valence-corrected chi connectivity index (χ0v) is 17.6. The lowest BCUT2D eigenvalue weighted by Gasteiger charge is -2.35. The Morgan fingerprint density at radius 2 is 1.94 bits per heavy atom. The highest BCUT2D eigenvalue weighted by Crippen LogP contribution is 2.38. The highest BCUT2D eigenvalue weighted by molar-refractivity contribution is 6.00. The van der Waals surface area contributed by atoms with E-state index in [4.69, 9.17) is 4.74 Å². The van der Waals surface area contributed by atoms with Gasteiger partial charge in [-0.2, -0.15) is 22.0 Å². The Bertz CT molecular complexity index is 946. The van der Waals surface area contributed by atoms with Crippen LogP contribution in [0.4, 0.5) is 27.6 Å². The second kappa shape index (κ2) is 9.85. The number of hydrogen-bond acceptors (Lipinski definition) is 5. The van der Waals surface area contributed by atoms with Gasteiger partial charge in [-0.15, -0.1) is 0 Å². The molecule has 1 aliphatic rings. The van der Waals surface area contributed by atoms with Crippen LogP contribution in [-0.4, -0.2) is 56.5 Å². The molecule has 32 heavy (non-hydrogen) atoms. The summed E-state index contributed by atoms with van der Waals surface area (Å²) in [5.41, 5.74) is 0.980. The molecule has 1 amide bonds. The molecule has 1 saturated heterocycles. The minimum Gasteiger partial charge on any atom is -0.435 e. The highest BCUT2D eigenvalue weighted by atomic mass is 19.4. The average molecular weight is 461 g/mol. The number of piperidine rings is 1. The van der Waals surface area contributed by atoms with Crippen LogP contribution in [0.15, 0.2) is 24.4 Å². The Balaban J connectivity index is 1.93. The van der Waals surface area contributed by atoms with E-state index in [1.807, 2.05) is 0 Å². The summed E-state index contributed by atoms with van der Waals surface area (Å²) in [5, 5.41) is 3.10. The standard InChI is InChI=1S/C21H24F5N3O3/c1-12(11-31-2)28-19(30)14-7-13-8-16(32-20(22)23)9-17(18(13)27-10-14)29-5-3-15(4-6-29)21(24,25)26/h7-10,12,15,20H,3-6,11H2,1-2H3,(H,28,30)/t12-/m0/s1. The third-order valence-corrected chi connectivity index (χ3v) is 5.32. The molecule has 1 fully saturated rings. The number of ether oxygens (including phenoxy) is 2. The van der Waals surface area contributed by atoms with E-state index in [0.29, 0.717) is 23.2 Å². The van der Waals surface area contributed by atoms with Crippen LogP contribution in [0, 0.1) is 5.92 Å². The normalized spacial score (nSPS) is 16.4. The molecule has 1 N–H and O–H groups in total. The van der Waals surface area contributed by atoms with E-state index in [1.54, 1.807) is 11.8 Å². The predicted molar refractivity (Wildman–Crippen MR) is 108 cm³/mol. The Morgan fingerprint density at radius 3 is 2.53 bits per heavy atom. The summed E-state index contributed by atoms with van der Waals surface area (Å²) < 4.78 is 74.2. The number of nitrogens with one attached hydrogen (secondary N) is 1. The van der Waals surface area contributed by atoms with Gasteiger partial charge >= 0.3 is 12.8 Å². The van der Waals surface area contributed by atoms with Crippen molar-refractivity contribution in [2.75, 3.05) is 31.7 Å². The monoisotopic (exact) mass is 461 g/mol. The molecule has 1 aromatic carbocycles. The summed E-state index contributed by atoms with van der Waals surface area (Å²) in [6.45, 7) is -0.832. The summed E-state index contributed by atoms with van der Waals surface area (Å²) in [6, 6.07) is 3.90. The number of anilines is 1. The number of rotatable bonds is 7. The number of aromatic nitrogens is 1. The lowest BCUT2D eigenvalue weighted by molar-refractivity contribution is -0.179. The first-order valence-electron chi connectivity index (χ1n) is 10.1. The van der Waals surface area contributed by atoms with Gasteiger partial charge in [-0.3, -0.25) is 9.78 Å². The molecule has 1 atom stereocenters. The molecule has 0 spiro atoms. The number of carbonyl (C=O) groups excluding carboxylic acids is 1. The van der Waals surface area contributed by atoms with E-state index in [-0.39, 0.29) is 43.3 Å². The van der Waals surface area contributed by atoms with Gasteiger partial charge in [-0.25, -0.2) is 0 Å². The summed E-state index contributed by atoms with van der Waals surface area (Å²) >= 11 is 0. The molecule has 1 aromatic heterocycles. The average Bonchev–Trinajstić information content (AvgIpc) is 2.72. The maximum atomic E-state index is 13.0. The maximum absolute atomic E-state index is 13.0. The Morgan fingerprint density at radius 1 is 1.25 bits per heavy atom. The summed E-state index contributed by atoms with van der Waals surface area (Å²) in [5.74, 6) is -1.98. The van der Waals surface area contributed by atoms with Gasteiger partial charge in [0.15, 0.2) is 0 Å². The molecule has 176 valence electrons. The number of alkyl halides is 5. The number of benzene rings is 1. The minimum absolute atomic E-state index is 0.0931. The third-order valence-electron chi connectivity index (χ3n) is 5.32. The number of pyridine rings is 1. The van der Waals surface area contributed by atoms with Crippen LogP contribution < -0.4 is 15.0 Å². The molecule has 6 nitrogen and oxygen atoms in total. The van der Waals surface area contributed by atoms with Crippen molar-refractivity contribution in [1.82, 2.24) is 10.3 Å². The third kappa shape index (κ3) is 5.76. The van der Waals surface area contributed by atoms with Crippen molar-refractivity contribution in [1.29, 1.82) is 0 Å². The first kappa shape index (κ1) is 24.0. The van der Waals surface area contributed by atoms with Crippen molar-refractivity contribution in [3.05, 3.63) is 30.0 Å². The van der Waals surface area contributed by atoms with Crippen LogP contribution in [0.5, 0.6) is 5.75 Å². The van der Waals surface area contributed by atoms with E-state index in [9.17, 15) is 26.7 Å². The second-order valence-electron chi connectivity index (χ2n) is 7.75. The van der Waals surface area contributed by atoms with E-state index >= 15 is 0 Å². The number of carbonyl (C=O) groups is 1. The quantitative estimate of drug-likeness (QED) is 0.620. The van der Waals surface area contributed by atoms with E-state index in [2.05, 4.69) is 15.0 Å². The van der Waals surface area contributed by atoms with Gasteiger partial charge in [0.1, 0.15) is 5.75 Å². The molecular weight excluding hydrogens is 437 g/mol. The van der Waals surface area contributed by atoms with Crippen LogP contribution in [0.2, 0.25) is 0 Å². The Labute approximate surface area is 181 Å². The Kier molecular flexibility index (Phi) is 7.37. The van der Waals surface area contributed by atoms with E-state index < -0.39 is 24.6 Å². The molecule has 3 rings (SSSR count). The van der Waals surface area contributed by atoms with Crippen molar-refractivity contribution in [2.45, 2.75) is 38.6 Å². The first-order chi connectivity index (χ1) is 15.1. The van der Waals surface area contributed by atoms with Crippen molar-refractivity contribution in [3.8, 4) is 5.75 Å². The summed E-state index contributed by atoms with van der Waals surface area (Å²) in [7, 11) is 1.50.